The van der Waals surface area contributed by atoms with Gasteiger partial charge in [0.2, 0.25) is 0 Å². The Hall–Kier alpha value is -3.28. The van der Waals surface area contributed by atoms with Gasteiger partial charge in [-0.2, -0.15) is 0 Å². The molecule has 2 aromatic carbocycles. The number of rotatable bonds is 8. The lowest BCUT2D eigenvalue weighted by molar-refractivity contribution is -0.123. The van der Waals surface area contributed by atoms with E-state index in [9.17, 15) is 4.79 Å². The van der Waals surface area contributed by atoms with E-state index in [0.29, 0.717) is 17.3 Å². The molecule has 0 spiro atoms. The number of benzene rings is 2. The van der Waals surface area contributed by atoms with E-state index in [4.69, 9.17) is 9.47 Å². The molecule has 0 radical (unpaired) electrons. The van der Waals surface area contributed by atoms with Crippen LogP contribution in [-0.4, -0.2) is 29.2 Å². The van der Waals surface area contributed by atoms with Crippen LogP contribution in [0.3, 0.4) is 0 Å². The molecule has 3 aromatic rings. The van der Waals surface area contributed by atoms with Crippen molar-refractivity contribution in [3.8, 4) is 11.5 Å². The number of hydrogen-bond donors (Lipinski definition) is 1. The number of ether oxygens (including phenoxy) is 2. The molecule has 0 saturated heterocycles. The van der Waals surface area contributed by atoms with Crippen molar-refractivity contribution < 1.29 is 14.3 Å². The Morgan fingerprint density at radius 3 is 2.57 bits per heavy atom. The van der Waals surface area contributed by atoms with Crippen LogP contribution in [0.5, 0.6) is 11.5 Å². The molecule has 0 saturated carbocycles. The molecule has 6 nitrogen and oxygen atoms in total. The molecule has 1 atom stereocenters. The first kappa shape index (κ1) is 19.5. The van der Waals surface area contributed by atoms with E-state index in [1.807, 2.05) is 66.3 Å². The lowest BCUT2D eigenvalue weighted by atomic mass is 10.0. The number of hydrogen-bond acceptors (Lipinski definition) is 4. The summed E-state index contributed by atoms with van der Waals surface area (Å²) in [6, 6.07) is 14.9. The molecule has 0 aliphatic heterocycles. The fourth-order valence-corrected chi connectivity index (χ4v) is 3.01. The summed E-state index contributed by atoms with van der Waals surface area (Å²) in [4.78, 5) is 17.0. The second kappa shape index (κ2) is 9.08. The van der Waals surface area contributed by atoms with Crippen molar-refractivity contribution in [3.63, 3.8) is 0 Å². The number of aryl methyl sites for hydroxylation is 2. The quantitative estimate of drug-likeness (QED) is 0.652. The fraction of sp³-hybridized carbons (Fsp3) is 0.273. The lowest BCUT2D eigenvalue weighted by Crippen LogP contribution is -2.34. The van der Waals surface area contributed by atoms with Crippen LogP contribution in [0, 0.1) is 0 Å². The number of para-hydroxylation sites is 1. The average molecular weight is 379 g/mol. The van der Waals surface area contributed by atoms with Crippen LogP contribution in [0.1, 0.15) is 29.9 Å². The van der Waals surface area contributed by atoms with E-state index in [1.165, 1.54) is 5.56 Å². The van der Waals surface area contributed by atoms with Gasteiger partial charge >= 0.3 is 0 Å². The third-order valence-electron chi connectivity index (χ3n) is 4.57. The molecule has 1 amide bonds. The highest BCUT2D eigenvalue weighted by atomic mass is 16.5. The molecular weight excluding hydrogens is 354 g/mol. The predicted octanol–water partition coefficient (Wildman–Crippen LogP) is 3.28. The molecule has 146 valence electrons. The van der Waals surface area contributed by atoms with Gasteiger partial charge in [-0.3, -0.25) is 4.79 Å². The first-order valence-corrected chi connectivity index (χ1v) is 9.23. The van der Waals surface area contributed by atoms with Crippen molar-refractivity contribution >= 4 is 5.91 Å². The summed E-state index contributed by atoms with van der Waals surface area (Å²) in [7, 11) is 3.50. The maximum atomic E-state index is 12.6. The normalized spacial score (nSPS) is 11.7. The van der Waals surface area contributed by atoms with Crippen molar-refractivity contribution in [1.29, 1.82) is 0 Å². The molecule has 0 fully saturated rings. The molecule has 0 bridgehead atoms. The van der Waals surface area contributed by atoms with Gasteiger partial charge in [-0.25, -0.2) is 4.98 Å². The third kappa shape index (κ3) is 4.52. The third-order valence-corrected chi connectivity index (χ3v) is 4.57. The first-order valence-electron chi connectivity index (χ1n) is 9.23. The van der Waals surface area contributed by atoms with Crippen LogP contribution in [0.25, 0.3) is 0 Å². The fourth-order valence-electron chi connectivity index (χ4n) is 3.01. The summed E-state index contributed by atoms with van der Waals surface area (Å²) >= 11 is 0. The smallest absolute Gasteiger partial charge is 0.258 e. The van der Waals surface area contributed by atoms with Gasteiger partial charge in [0.25, 0.3) is 5.91 Å². The van der Waals surface area contributed by atoms with Gasteiger partial charge in [0.15, 0.2) is 6.61 Å². The zero-order chi connectivity index (χ0) is 19.9. The van der Waals surface area contributed by atoms with Gasteiger partial charge < -0.3 is 19.4 Å². The Morgan fingerprint density at radius 2 is 1.93 bits per heavy atom. The maximum absolute atomic E-state index is 12.6. The van der Waals surface area contributed by atoms with Crippen LogP contribution >= 0.6 is 0 Å². The van der Waals surface area contributed by atoms with E-state index in [0.717, 1.165) is 12.0 Å². The van der Waals surface area contributed by atoms with Gasteiger partial charge in [-0.15, -0.1) is 0 Å². The zero-order valence-corrected chi connectivity index (χ0v) is 16.4. The second-order valence-corrected chi connectivity index (χ2v) is 6.43. The monoisotopic (exact) mass is 379 g/mol. The highest BCUT2D eigenvalue weighted by Crippen LogP contribution is 2.29. The summed E-state index contributed by atoms with van der Waals surface area (Å²) in [6.45, 7) is 2.01. The van der Waals surface area contributed by atoms with E-state index >= 15 is 0 Å². The van der Waals surface area contributed by atoms with Crippen molar-refractivity contribution in [3.05, 3.63) is 77.9 Å². The summed E-state index contributed by atoms with van der Waals surface area (Å²) in [6.07, 6.45) is 4.51. The molecular formula is C22H25N3O3. The average Bonchev–Trinajstić information content (AvgIpc) is 3.16. The minimum Gasteiger partial charge on any atom is -0.496 e. The lowest BCUT2D eigenvalue weighted by Gasteiger charge is -2.21. The standard InChI is InChI=1S/C22H25N3O3/c1-4-16-9-11-17(12-10-16)28-15-20(26)24-21(22-23-13-14-25(22)2)18-7-5-6-8-19(18)27-3/h5-14,21H,4,15H2,1-3H3,(H,24,26). The zero-order valence-electron chi connectivity index (χ0n) is 16.4. The van der Waals surface area contributed by atoms with Crippen LogP contribution in [0.4, 0.5) is 0 Å². The van der Waals surface area contributed by atoms with Gasteiger partial charge in [0.1, 0.15) is 23.4 Å². The van der Waals surface area contributed by atoms with E-state index < -0.39 is 6.04 Å². The summed E-state index contributed by atoms with van der Waals surface area (Å²) in [5.74, 6) is 1.83. The number of carbonyl (C=O) groups is 1. The molecule has 0 aliphatic carbocycles. The molecule has 1 unspecified atom stereocenters. The Morgan fingerprint density at radius 1 is 1.18 bits per heavy atom. The van der Waals surface area contributed by atoms with Crippen LogP contribution in [0.2, 0.25) is 0 Å². The molecule has 1 aromatic heterocycles. The largest absolute Gasteiger partial charge is 0.496 e. The topological polar surface area (TPSA) is 65.4 Å². The first-order chi connectivity index (χ1) is 13.6. The Bertz CT molecular complexity index is 919. The van der Waals surface area contributed by atoms with E-state index in [2.05, 4.69) is 17.2 Å². The molecule has 0 aliphatic rings. The number of imidazole rings is 1. The number of carbonyl (C=O) groups excluding carboxylic acids is 1. The Labute approximate surface area is 165 Å². The summed E-state index contributed by atoms with van der Waals surface area (Å²) in [5.41, 5.74) is 2.06. The van der Waals surface area contributed by atoms with Gasteiger partial charge in [0.05, 0.1) is 7.11 Å². The van der Waals surface area contributed by atoms with Crippen LogP contribution in [0.15, 0.2) is 60.9 Å². The highest BCUT2D eigenvalue weighted by Gasteiger charge is 2.23. The van der Waals surface area contributed by atoms with Crippen molar-refractivity contribution in [2.24, 2.45) is 7.05 Å². The number of methoxy groups -OCH3 is 1. The highest BCUT2D eigenvalue weighted by molar-refractivity contribution is 5.78. The molecule has 28 heavy (non-hydrogen) atoms. The van der Waals surface area contributed by atoms with Crippen LogP contribution in [-0.2, 0) is 18.3 Å². The van der Waals surface area contributed by atoms with Crippen molar-refractivity contribution in [2.45, 2.75) is 19.4 Å². The Kier molecular flexibility index (Phi) is 6.32. The second-order valence-electron chi connectivity index (χ2n) is 6.43. The van der Waals surface area contributed by atoms with Crippen LogP contribution < -0.4 is 14.8 Å². The van der Waals surface area contributed by atoms with Gasteiger partial charge in [-0.1, -0.05) is 37.3 Å². The number of nitrogens with zero attached hydrogens (tertiary/aromatic N) is 2. The molecule has 6 heteroatoms. The SMILES string of the molecule is CCc1ccc(OCC(=O)NC(c2ccccc2OC)c2nccn2C)cc1. The summed E-state index contributed by atoms with van der Waals surface area (Å²) in [5, 5.41) is 3.02. The Balaban J connectivity index is 1.75. The van der Waals surface area contributed by atoms with Crippen molar-refractivity contribution in [2.75, 3.05) is 13.7 Å². The number of amides is 1. The molecule has 1 N–H and O–H groups in total. The predicted molar refractivity (Wildman–Crippen MR) is 108 cm³/mol. The van der Waals surface area contributed by atoms with Crippen molar-refractivity contribution in [1.82, 2.24) is 14.9 Å². The molecule has 1 heterocycles. The minimum atomic E-state index is -0.449. The number of aromatic nitrogens is 2. The van der Waals surface area contributed by atoms with Gasteiger partial charge in [-0.05, 0) is 30.2 Å². The van der Waals surface area contributed by atoms with E-state index in [1.54, 1.807) is 13.3 Å². The number of nitrogens with one attached hydrogen (secondary N) is 1. The van der Waals surface area contributed by atoms with Gasteiger partial charge in [0, 0.05) is 25.0 Å². The summed E-state index contributed by atoms with van der Waals surface area (Å²) < 4.78 is 13.0. The maximum Gasteiger partial charge on any atom is 0.258 e. The minimum absolute atomic E-state index is 0.0818. The van der Waals surface area contributed by atoms with E-state index in [-0.39, 0.29) is 12.5 Å². The molecule has 3 rings (SSSR count).